The Balaban J connectivity index is 1.73. The molecule has 0 bridgehead atoms. The lowest BCUT2D eigenvalue weighted by atomic mass is 10.3. The highest BCUT2D eigenvalue weighted by Gasteiger charge is 2.05. The van der Waals surface area contributed by atoms with E-state index in [4.69, 9.17) is 4.52 Å². The van der Waals surface area contributed by atoms with Crippen molar-refractivity contribution in [2.75, 3.05) is 17.2 Å². The molecule has 6 heteroatoms. The predicted octanol–water partition coefficient (Wildman–Crippen LogP) is 3.19. The molecule has 2 N–H and O–H groups in total. The van der Waals surface area contributed by atoms with E-state index in [-0.39, 0.29) is 5.91 Å². The van der Waals surface area contributed by atoms with E-state index in [2.05, 4.69) is 31.7 Å². The van der Waals surface area contributed by atoms with Gasteiger partial charge in [-0.05, 0) is 31.2 Å². The minimum Gasteiger partial charge on any atom is -0.385 e. The van der Waals surface area contributed by atoms with E-state index in [0.717, 1.165) is 10.2 Å². The summed E-state index contributed by atoms with van der Waals surface area (Å²) < 4.78 is 5.89. The minimum atomic E-state index is -0.0992. The second-order valence-electron chi connectivity index (χ2n) is 4.05. The average Bonchev–Trinajstić information content (AvgIpc) is 2.77. The van der Waals surface area contributed by atoms with Gasteiger partial charge in [-0.3, -0.25) is 4.79 Å². The van der Waals surface area contributed by atoms with Gasteiger partial charge in [-0.2, -0.15) is 0 Å². The van der Waals surface area contributed by atoms with E-state index >= 15 is 0 Å². The van der Waals surface area contributed by atoms with Crippen molar-refractivity contribution in [1.29, 1.82) is 0 Å². The zero-order valence-electron chi connectivity index (χ0n) is 10.4. The first-order valence-corrected chi connectivity index (χ1v) is 6.65. The van der Waals surface area contributed by atoms with Gasteiger partial charge in [-0.15, -0.1) is 0 Å². The number of aryl methyl sites for hydroxylation is 1. The Morgan fingerprint density at radius 1 is 1.37 bits per heavy atom. The molecule has 2 rings (SSSR count). The van der Waals surface area contributed by atoms with Crippen molar-refractivity contribution < 1.29 is 9.32 Å². The van der Waals surface area contributed by atoms with E-state index < -0.39 is 0 Å². The van der Waals surface area contributed by atoms with Crippen molar-refractivity contribution in [3.8, 4) is 0 Å². The summed E-state index contributed by atoms with van der Waals surface area (Å²) in [6, 6.07) is 9.47. The molecule has 19 heavy (non-hydrogen) atoms. The Morgan fingerprint density at radius 2 is 2.11 bits per heavy atom. The van der Waals surface area contributed by atoms with Gasteiger partial charge in [0.25, 0.3) is 0 Å². The van der Waals surface area contributed by atoms with Crippen molar-refractivity contribution in [3.63, 3.8) is 0 Å². The maximum atomic E-state index is 11.6. The fourth-order valence-corrected chi connectivity index (χ4v) is 1.78. The van der Waals surface area contributed by atoms with Crippen molar-refractivity contribution in [3.05, 3.63) is 40.6 Å². The summed E-state index contributed by atoms with van der Waals surface area (Å²) in [6.45, 7) is 2.34. The maximum Gasteiger partial charge on any atom is 0.227 e. The van der Waals surface area contributed by atoms with Crippen LogP contribution in [0, 0.1) is 6.92 Å². The minimum absolute atomic E-state index is 0.0992. The van der Waals surface area contributed by atoms with Gasteiger partial charge in [0.2, 0.25) is 5.91 Å². The lowest BCUT2D eigenvalue weighted by Gasteiger charge is -2.06. The second kappa shape index (κ2) is 6.38. The van der Waals surface area contributed by atoms with E-state index in [1.807, 2.05) is 24.3 Å². The number of nitrogens with one attached hydrogen (secondary N) is 2. The first kappa shape index (κ1) is 13.6. The van der Waals surface area contributed by atoms with E-state index in [1.54, 1.807) is 13.0 Å². The van der Waals surface area contributed by atoms with Crippen LogP contribution < -0.4 is 10.6 Å². The number of carbonyl (C=O) groups is 1. The number of nitrogens with zero attached hydrogens (tertiary/aromatic N) is 1. The van der Waals surface area contributed by atoms with Crippen molar-refractivity contribution in [1.82, 2.24) is 5.16 Å². The van der Waals surface area contributed by atoms with Crippen LogP contribution in [0.15, 0.2) is 39.3 Å². The third-order valence-corrected chi connectivity index (χ3v) is 2.95. The fraction of sp³-hybridized carbons (Fsp3) is 0.231. The molecule has 0 fully saturated rings. The van der Waals surface area contributed by atoms with Crippen LogP contribution in [0.3, 0.4) is 0 Å². The molecule has 0 saturated carbocycles. The number of carbonyl (C=O) groups excluding carboxylic acids is 1. The SMILES string of the molecule is Cc1cc(NC(=O)CCNc2ccc(Br)cc2)no1. The normalized spacial score (nSPS) is 10.2. The van der Waals surface area contributed by atoms with Crippen LogP contribution in [-0.4, -0.2) is 17.6 Å². The molecule has 1 amide bonds. The first-order valence-electron chi connectivity index (χ1n) is 5.86. The fourth-order valence-electron chi connectivity index (χ4n) is 1.52. The molecule has 0 radical (unpaired) electrons. The summed E-state index contributed by atoms with van der Waals surface area (Å²) in [6.07, 6.45) is 0.363. The summed E-state index contributed by atoms with van der Waals surface area (Å²) in [5, 5.41) is 9.53. The summed E-state index contributed by atoms with van der Waals surface area (Å²) in [5.74, 6) is 1.02. The Bertz CT molecular complexity index is 551. The number of rotatable bonds is 5. The molecule has 1 heterocycles. The Labute approximate surface area is 119 Å². The van der Waals surface area contributed by atoms with Gasteiger partial charge >= 0.3 is 0 Å². The zero-order chi connectivity index (χ0) is 13.7. The summed E-state index contributed by atoms with van der Waals surface area (Å²) in [5.41, 5.74) is 0.980. The van der Waals surface area contributed by atoms with E-state index in [9.17, 15) is 4.79 Å². The van der Waals surface area contributed by atoms with Crippen molar-refractivity contribution >= 4 is 33.3 Å². The van der Waals surface area contributed by atoms with Crippen LogP contribution in [-0.2, 0) is 4.79 Å². The number of hydrogen-bond donors (Lipinski definition) is 2. The predicted molar refractivity (Wildman–Crippen MR) is 77.1 cm³/mol. The molecule has 1 aromatic carbocycles. The Kier molecular flexibility index (Phi) is 4.57. The number of anilines is 2. The molecule has 0 unspecified atom stereocenters. The van der Waals surface area contributed by atoms with Crippen LogP contribution in [0.1, 0.15) is 12.2 Å². The molecule has 100 valence electrons. The number of benzene rings is 1. The third-order valence-electron chi connectivity index (χ3n) is 2.42. The monoisotopic (exact) mass is 323 g/mol. The molecular formula is C13H14BrN3O2. The first-order chi connectivity index (χ1) is 9.13. The highest BCUT2D eigenvalue weighted by Crippen LogP contribution is 2.14. The van der Waals surface area contributed by atoms with Gasteiger partial charge < -0.3 is 15.2 Å². The van der Waals surface area contributed by atoms with Gasteiger partial charge in [0.05, 0.1) is 0 Å². The van der Waals surface area contributed by atoms with Crippen LogP contribution in [0.25, 0.3) is 0 Å². The van der Waals surface area contributed by atoms with Crippen LogP contribution >= 0.6 is 15.9 Å². The molecule has 0 spiro atoms. The van der Waals surface area contributed by atoms with Gasteiger partial charge in [0.15, 0.2) is 5.82 Å². The average molecular weight is 324 g/mol. The van der Waals surface area contributed by atoms with Gasteiger partial charge in [-0.25, -0.2) is 0 Å². The molecule has 5 nitrogen and oxygen atoms in total. The van der Waals surface area contributed by atoms with Gasteiger partial charge in [0.1, 0.15) is 5.76 Å². The van der Waals surface area contributed by atoms with Crippen molar-refractivity contribution in [2.24, 2.45) is 0 Å². The molecule has 0 atom stereocenters. The van der Waals surface area contributed by atoms with E-state index in [1.165, 1.54) is 0 Å². The maximum absolute atomic E-state index is 11.6. The second-order valence-corrected chi connectivity index (χ2v) is 4.97. The summed E-state index contributed by atoms with van der Waals surface area (Å²) >= 11 is 3.37. The number of hydrogen-bond acceptors (Lipinski definition) is 4. The molecule has 1 aromatic heterocycles. The molecule has 0 aliphatic carbocycles. The summed E-state index contributed by atoms with van der Waals surface area (Å²) in [7, 11) is 0. The lowest BCUT2D eigenvalue weighted by Crippen LogP contribution is -2.16. The highest BCUT2D eigenvalue weighted by atomic mass is 79.9. The lowest BCUT2D eigenvalue weighted by molar-refractivity contribution is -0.116. The highest BCUT2D eigenvalue weighted by molar-refractivity contribution is 9.10. The topological polar surface area (TPSA) is 67.2 Å². The Hall–Kier alpha value is -1.82. The molecule has 0 saturated heterocycles. The molecule has 0 aliphatic heterocycles. The molecule has 2 aromatic rings. The number of halogens is 1. The van der Waals surface area contributed by atoms with Crippen molar-refractivity contribution in [2.45, 2.75) is 13.3 Å². The van der Waals surface area contributed by atoms with Crippen LogP contribution in [0.2, 0.25) is 0 Å². The molecule has 0 aliphatic rings. The number of aromatic nitrogens is 1. The summed E-state index contributed by atoms with van der Waals surface area (Å²) in [4.78, 5) is 11.6. The van der Waals surface area contributed by atoms with Crippen LogP contribution in [0.4, 0.5) is 11.5 Å². The largest absolute Gasteiger partial charge is 0.385 e. The smallest absolute Gasteiger partial charge is 0.227 e. The zero-order valence-corrected chi connectivity index (χ0v) is 12.0. The van der Waals surface area contributed by atoms with E-state index in [0.29, 0.717) is 24.5 Å². The standard InChI is InChI=1S/C13H14BrN3O2/c1-9-8-12(17-19-9)16-13(18)6-7-15-11-4-2-10(14)3-5-11/h2-5,8,15H,6-7H2,1H3,(H,16,17,18). The van der Waals surface area contributed by atoms with Crippen LogP contribution in [0.5, 0.6) is 0 Å². The third kappa shape index (κ3) is 4.40. The van der Waals surface area contributed by atoms with Gasteiger partial charge in [-0.1, -0.05) is 21.1 Å². The Morgan fingerprint density at radius 3 is 2.74 bits per heavy atom. The van der Waals surface area contributed by atoms with Gasteiger partial charge in [0, 0.05) is 29.2 Å². The quantitative estimate of drug-likeness (QED) is 0.886. The molecular weight excluding hydrogens is 310 g/mol. The number of amides is 1.